The molecule has 2 atom stereocenters. The third kappa shape index (κ3) is 4.96. The summed E-state index contributed by atoms with van der Waals surface area (Å²) in [5.74, 6) is 0.565. The topological polar surface area (TPSA) is 66.3 Å². The lowest BCUT2D eigenvalue weighted by molar-refractivity contribution is 0.0827. The van der Waals surface area contributed by atoms with Crippen LogP contribution in [0.25, 0.3) is 22.3 Å². The molecule has 1 N–H and O–H groups in total. The smallest absolute Gasteiger partial charge is 0.253 e. The highest BCUT2D eigenvalue weighted by Crippen LogP contribution is 2.34. The van der Waals surface area contributed by atoms with Crippen molar-refractivity contribution in [2.24, 2.45) is 7.05 Å². The summed E-state index contributed by atoms with van der Waals surface area (Å²) in [7, 11) is 7.59. The number of amides is 1. The number of nitrogens with zero attached hydrogens (tertiary/aromatic N) is 5. The van der Waals surface area contributed by atoms with Crippen molar-refractivity contribution in [3.8, 4) is 11.3 Å². The van der Waals surface area contributed by atoms with Crippen molar-refractivity contribution in [2.75, 3.05) is 33.0 Å². The zero-order valence-electron chi connectivity index (χ0n) is 22.4. The van der Waals surface area contributed by atoms with Crippen LogP contribution in [0.3, 0.4) is 0 Å². The fourth-order valence-corrected chi connectivity index (χ4v) is 5.47. The van der Waals surface area contributed by atoms with Crippen LogP contribution >= 0.6 is 0 Å². The standard InChI is InChI=1S/C30H36N6O/c1-20-16-23(21-6-8-22(9-7-21)30(37)34(3)4)13-15-36(20)19-25-17-27-26(12-14-32-29(27)35(25)5)28-11-10-24(31-2)18-33-28/h6-12,14,17-18,20,23,31H,13,15-16,19H2,1-5H3/t20-,23-/m0/s1. The van der Waals surface area contributed by atoms with Crippen LogP contribution in [0.2, 0.25) is 0 Å². The number of aromatic nitrogens is 3. The Bertz CT molecular complexity index is 1390. The second kappa shape index (κ2) is 10.3. The Morgan fingerprint density at radius 2 is 1.89 bits per heavy atom. The Balaban J connectivity index is 1.31. The summed E-state index contributed by atoms with van der Waals surface area (Å²) in [4.78, 5) is 25.8. The minimum Gasteiger partial charge on any atom is -0.387 e. The summed E-state index contributed by atoms with van der Waals surface area (Å²) in [6.07, 6.45) is 5.96. The molecule has 0 bridgehead atoms. The third-order valence-corrected chi connectivity index (χ3v) is 7.77. The number of hydrogen-bond acceptors (Lipinski definition) is 5. The Kier molecular flexibility index (Phi) is 6.98. The van der Waals surface area contributed by atoms with Crippen molar-refractivity contribution in [1.29, 1.82) is 0 Å². The van der Waals surface area contributed by atoms with Gasteiger partial charge < -0.3 is 14.8 Å². The molecule has 7 nitrogen and oxygen atoms in total. The number of anilines is 1. The molecule has 192 valence electrons. The third-order valence-electron chi connectivity index (χ3n) is 7.77. The van der Waals surface area contributed by atoms with Gasteiger partial charge in [-0.15, -0.1) is 0 Å². The summed E-state index contributed by atoms with van der Waals surface area (Å²) in [6.45, 7) is 4.26. The number of aryl methyl sites for hydroxylation is 1. The first kappa shape index (κ1) is 25.0. The second-order valence-corrected chi connectivity index (χ2v) is 10.3. The second-order valence-electron chi connectivity index (χ2n) is 10.3. The van der Waals surface area contributed by atoms with E-state index in [9.17, 15) is 4.79 Å². The highest BCUT2D eigenvalue weighted by atomic mass is 16.2. The molecule has 0 unspecified atom stereocenters. The van der Waals surface area contributed by atoms with Gasteiger partial charge in [0, 0.05) is 69.2 Å². The summed E-state index contributed by atoms with van der Waals surface area (Å²) in [6, 6.07) is 17.1. The van der Waals surface area contributed by atoms with Gasteiger partial charge in [0.15, 0.2) is 0 Å². The normalized spacial score (nSPS) is 18.2. The van der Waals surface area contributed by atoms with Crippen molar-refractivity contribution < 1.29 is 4.79 Å². The van der Waals surface area contributed by atoms with Crippen LogP contribution < -0.4 is 5.32 Å². The van der Waals surface area contributed by atoms with E-state index in [1.54, 1.807) is 19.0 Å². The lowest BCUT2D eigenvalue weighted by Gasteiger charge is -2.38. The van der Waals surface area contributed by atoms with Gasteiger partial charge in [0.2, 0.25) is 0 Å². The van der Waals surface area contributed by atoms with E-state index in [2.05, 4.69) is 70.1 Å². The molecule has 37 heavy (non-hydrogen) atoms. The van der Waals surface area contributed by atoms with Gasteiger partial charge in [-0.2, -0.15) is 0 Å². The molecule has 0 spiro atoms. The van der Waals surface area contributed by atoms with Gasteiger partial charge in [0.05, 0.1) is 17.6 Å². The van der Waals surface area contributed by atoms with Crippen LogP contribution in [0.15, 0.2) is 60.9 Å². The molecule has 1 aromatic carbocycles. The Labute approximate surface area is 219 Å². The molecule has 1 aliphatic rings. The van der Waals surface area contributed by atoms with Crippen LogP contribution in [0.4, 0.5) is 5.69 Å². The summed E-state index contributed by atoms with van der Waals surface area (Å²) < 4.78 is 2.22. The Morgan fingerprint density at radius 1 is 1.11 bits per heavy atom. The van der Waals surface area contributed by atoms with Crippen molar-refractivity contribution in [3.05, 3.63) is 77.7 Å². The lowest BCUT2D eigenvalue weighted by atomic mass is 9.85. The van der Waals surface area contributed by atoms with E-state index in [-0.39, 0.29) is 5.91 Å². The molecule has 5 rings (SSSR count). The van der Waals surface area contributed by atoms with E-state index < -0.39 is 0 Å². The minimum atomic E-state index is 0.0492. The van der Waals surface area contributed by atoms with Crippen LogP contribution in [-0.2, 0) is 13.6 Å². The van der Waals surface area contributed by atoms with Crippen molar-refractivity contribution in [1.82, 2.24) is 24.3 Å². The number of rotatable bonds is 6. The fourth-order valence-electron chi connectivity index (χ4n) is 5.47. The zero-order valence-corrected chi connectivity index (χ0v) is 22.4. The summed E-state index contributed by atoms with van der Waals surface area (Å²) in [5, 5.41) is 4.27. The molecular weight excluding hydrogens is 460 g/mol. The molecule has 0 saturated carbocycles. The molecule has 4 heterocycles. The molecular formula is C30H36N6O. The molecule has 1 aliphatic heterocycles. The monoisotopic (exact) mass is 496 g/mol. The van der Waals surface area contributed by atoms with Crippen molar-refractivity contribution >= 4 is 22.6 Å². The van der Waals surface area contributed by atoms with Crippen LogP contribution in [0.1, 0.15) is 47.3 Å². The predicted molar refractivity (Wildman–Crippen MR) is 150 cm³/mol. The van der Waals surface area contributed by atoms with Crippen LogP contribution in [0.5, 0.6) is 0 Å². The van der Waals surface area contributed by atoms with Gasteiger partial charge in [0.25, 0.3) is 5.91 Å². The summed E-state index contributed by atoms with van der Waals surface area (Å²) >= 11 is 0. The molecule has 1 fully saturated rings. The van der Waals surface area contributed by atoms with E-state index >= 15 is 0 Å². The van der Waals surface area contributed by atoms with Crippen molar-refractivity contribution in [2.45, 2.75) is 38.3 Å². The number of carbonyl (C=O) groups is 1. The first-order chi connectivity index (χ1) is 17.9. The fraction of sp³-hybridized carbons (Fsp3) is 0.367. The number of carbonyl (C=O) groups excluding carboxylic acids is 1. The number of benzene rings is 1. The number of hydrogen-bond donors (Lipinski definition) is 1. The highest BCUT2D eigenvalue weighted by Gasteiger charge is 2.27. The Morgan fingerprint density at radius 3 is 2.54 bits per heavy atom. The molecule has 0 radical (unpaired) electrons. The van der Waals surface area contributed by atoms with E-state index in [0.717, 1.165) is 59.5 Å². The number of likely N-dealkylation sites (tertiary alicyclic amines) is 1. The van der Waals surface area contributed by atoms with Gasteiger partial charge in [-0.3, -0.25) is 14.7 Å². The SMILES string of the molecule is CNc1ccc(-c2ccnc3c2cc(CN2CC[C@H](c4ccc(C(=O)N(C)C)cc4)C[C@@H]2C)n3C)nc1. The van der Waals surface area contributed by atoms with Gasteiger partial charge in [-0.1, -0.05) is 12.1 Å². The maximum Gasteiger partial charge on any atom is 0.253 e. The van der Waals surface area contributed by atoms with E-state index in [0.29, 0.717) is 12.0 Å². The van der Waals surface area contributed by atoms with Gasteiger partial charge in [-0.05, 0) is 74.2 Å². The first-order valence-corrected chi connectivity index (χ1v) is 13.0. The van der Waals surface area contributed by atoms with E-state index in [4.69, 9.17) is 4.98 Å². The molecule has 3 aromatic heterocycles. The number of nitrogens with one attached hydrogen (secondary N) is 1. The highest BCUT2D eigenvalue weighted by molar-refractivity contribution is 5.94. The molecule has 0 aliphatic carbocycles. The zero-order chi connectivity index (χ0) is 26.1. The minimum absolute atomic E-state index is 0.0492. The number of fused-ring (bicyclic) bond motifs is 1. The Hall–Kier alpha value is -3.71. The maximum atomic E-state index is 12.2. The maximum absolute atomic E-state index is 12.2. The van der Waals surface area contributed by atoms with E-state index in [1.807, 2.05) is 31.6 Å². The first-order valence-electron chi connectivity index (χ1n) is 13.0. The lowest BCUT2D eigenvalue weighted by Crippen LogP contribution is -2.39. The van der Waals surface area contributed by atoms with Gasteiger partial charge in [0.1, 0.15) is 5.65 Å². The van der Waals surface area contributed by atoms with E-state index in [1.165, 1.54) is 11.3 Å². The molecule has 1 saturated heterocycles. The molecule has 1 amide bonds. The molecule has 7 heteroatoms. The van der Waals surface area contributed by atoms with Crippen molar-refractivity contribution in [3.63, 3.8) is 0 Å². The van der Waals surface area contributed by atoms with Gasteiger partial charge in [-0.25, -0.2) is 4.98 Å². The average Bonchev–Trinajstić information content (AvgIpc) is 3.24. The van der Waals surface area contributed by atoms with Crippen LogP contribution in [0, 0.1) is 0 Å². The largest absolute Gasteiger partial charge is 0.387 e. The quantitative estimate of drug-likeness (QED) is 0.400. The number of pyridine rings is 2. The summed E-state index contributed by atoms with van der Waals surface area (Å²) in [5.41, 5.74) is 7.39. The predicted octanol–water partition coefficient (Wildman–Crippen LogP) is 5.15. The van der Waals surface area contributed by atoms with Gasteiger partial charge >= 0.3 is 0 Å². The molecule has 4 aromatic rings. The van der Waals surface area contributed by atoms with Crippen LogP contribution in [-0.4, -0.2) is 64.0 Å². The number of piperidine rings is 1. The average molecular weight is 497 g/mol.